The number of rotatable bonds is 9. The van der Waals surface area contributed by atoms with Crippen molar-refractivity contribution in [3.05, 3.63) is 64.7 Å². The highest BCUT2D eigenvalue weighted by Crippen LogP contribution is 2.30. The fraction of sp³-hybridized carbons (Fsp3) is 0.333. The Balaban J connectivity index is 1.58. The van der Waals surface area contributed by atoms with Crippen molar-refractivity contribution >= 4 is 23.5 Å². The van der Waals surface area contributed by atoms with Crippen LogP contribution in [0.25, 0.3) is 0 Å². The molecule has 10 heteroatoms. The Labute approximate surface area is 182 Å². The van der Waals surface area contributed by atoms with Gasteiger partial charge in [-0.25, -0.2) is 4.79 Å². The molecule has 7 nitrogen and oxygen atoms in total. The lowest BCUT2D eigenvalue weighted by atomic mass is 9.92. The van der Waals surface area contributed by atoms with Crippen LogP contribution in [-0.4, -0.2) is 47.8 Å². The molecule has 0 aromatic heterocycles. The number of nitrogens with zero attached hydrogens (tertiary/aromatic N) is 1. The Morgan fingerprint density at radius 3 is 2.39 bits per heavy atom. The van der Waals surface area contributed by atoms with Gasteiger partial charge in [-0.1, -0.05) is 35.9 Å². The summed E-state index contributed by atoms with van der Waals surface area (Å²) in [5.41, 5.74) is -0.147. The fourth-order valence-electron chi connectivity index (χ4n) is 3.19. The number of amides is 3. The summed E-state index contributed by atoms with van der Waals surface area (Å²) in [4.78, 5) is 26.1. The van der Waals surface area contributed by atoms with Crippen molar-refractivity contribution in [1.29, 1.82) is 0 Å². The van der Waals surface area contributed by atoms with Gasteiger partial charge >= 0.3 is 12.6 Å². The van der Waals surface area contributed by atoms with Gasteiger partial charge in [0.25, 0.3) is 5.91 Å². The molecule has 0 radical (unpaired) electrons. The minimum absolute atomic E-state index is 0.0655. The van der Waals surface area contributed by atoms with Gasteiger partial charge in [0.05, 0.1) is 25.9 Å². The third-order valence-electron chi connectivity index (χ3n) is 4.82. The molecule has 3 rings (SSSR count). The molecular formula is C21H21ClF2N2O5. The van der Waals surface area contributed by atoms with E-state index in [2.05, 4.69) is 10.1 Å². The Morgan fingerprint density at radius 2 is 1.77 bits per heavy atom. The molecule has 2 N–H and O–H groups in total. The van der Waals surface area contributed by atoms with Crippen molar-refractivity contribution in [2.24, 2.45) is 0 Å². The predicted octanol–water partition coefficient (Wildman–Crippen LogP) is 3.29. The number of nitrogens with one attached hydrogen (secondary N) is 1. The normalized spacial score (nSPS) is 19.6. The van der Waals surface area contributed by atoms with E-state index in [1.54, 1.807) is 24.3 Å². The van der Waals surface area contributed by atoms with Gasteiger partial charge in [-0.2, -0.15) is 8.78 Å². The highest BCUT2D eigenvalue weighted by atomic mass is 35.5. The number of urea groups is 1. The molecule has 1 aliphatic heterocycles. The van der Waals surface area contributed by atoms with Crippen molar-refractivity contribution in [3.8, 4) is 5.75 Å². The highest BCUT2D eigenvalue weighted by molar-refractivity contribution is 6.30. The molecule has 1 saturated heterocycles. The van der Waals surface area contributed by atoms with Crippen LogP contribution in [-0.2, 0) is 21.7 Å². The number of carbonyl (C=O) groups is 2. The lowest BCUT2D eigenvalue weighted by Crippen LogP contribution is -2.42. The molecule has 3 amide bonds. The maximum Gasteiger partial charge on any atom is 0.387 e. The average Bonchev–Trinajstić information content (AvgIpc) is 2.93. The molecule has 1 aliphatic rings. The SMILES string of the molecule is CC1(c2ccc(OC(F)F)cc2)NC(=O)N(CC(O)COCc2ccc(Cl)cc2)C1=O. The van der Waals surface area contributed by atoms with Crippen molar-refractivity contribution in [2.75, 3.05) is 13.2 Å². The maximum absolute atomic E-state index is 12.9. The van der Waals surface area contributed by atoms with Crippen LogP contribution in [0.5, 0.6) is 5.75 Å². The molecule has 2 atom stereocenters. The number of ether oxygens (including phenoxy) is 2. The largest absolute Gasteiger partial charge is 0.435 e. The summed E-state index contributed by atoms with van der Waals surface area (Å²) < 4.78 is 34.3. The van der Waals surface area contributed by atoms with E-state index in [1.165, 1.54) is 31.2 Å². The number of carbonyl (C=O) groups excluding carboxylic acids is 2. The zero-order valence-electron chi connectivity index (χ0n) is 16.6. The van der Waals surface area contributed by atoms with Crippen LogP contribution < -0.4 is 10.1 Å². The molecule has 0 bridgehead atoms. The number of imide groups is 1. The van der Waals surface area contributed by atoms with Gasteiger partial charge in [-0.15, -0.1) is 0 Å². The van der Waals surface area contributed by atoms with Crippen molar-refractivity contribution in [1.82, 2.24) is 10.2 Å². The van der Waals surface area contributed by atoms with E-state index in [0.29, 0.717) is 10.6 Å². The summed E-state index contributed by atoms with van der Waals surface area (Å²) in [6.45, 7) is -1.57. The minimum Gasteiger partial charge on any atom is -0.435 e. The van der Waals surface area contributed by atoms with Gasteiger partial charge in [0.15, 0.2) is 0 Å². The molecular weight excluding hydrogens is 434 g/mol. The second kappa shape index (κ2) is 9.59. The lowest BCUT2D eigenvalue weighted by molar-refractivity contribution is -0.132. The van der Waals surface area contributed by atoms with Gasteiger partial charge < -0.3 is 19.9 Å². The second-order valence-electron chi connectivity index (χ2n) is 7.17. The van der Waals surface area contributed by atoms with Gasteiger partial charge in [-0.3, -0.25) is 9.69 Å². The monoisotopic (exact) mass is 454 g/mol. The molecule has 1 fully saturated rings. The zero-order valence-corrected chi connectivity index (χ0v) is 17.3. The summed E-state index contributed by atoms with van der Waals surface area (Å²) in [5, 5.41) is 13.4. The highest BCUT2D eigenvalue weighted by Gasteiger charge is 2.49. The number of hydrogen-bond donors (Lipinski definition) is 2. The topological polar surface area (TPSA) is 88.1 Å². The average molecular weight is 455 g/mol. The summed E-state index contributed by atoms with van der Waals surface area (Å²) in [6.07, 6.45) is -1.09. The number of aliphatic hydroxyl groups excluding tert-OH is 1. The van der Waals surface area contributed by atoms with Crippen LogP contribution >= 0.6 is 11.6 Å². The van der Waals surface area contributed by atoms with Crippen LogP contribution in [0.15, 0.2) is 48.5 Å². The van der Waals surface area contributed by atoms with Crippen molar-refractivity contribution in [2.45, 2.75) is 31.8 Å². The summed E-state index contributed by atoms with van der Waals surface area (Å²) >= 11 is 5.82. The third kappa shape index (κ3) is 5.49. The molecule has 2 unspecified atom stereocenters. The Hall–Kier alpha value is -2.75. The molecule has 0 aliphatic carbocycles. The Bertz CT molecular complexity index is 926. The van der Waals surface area contributed by atoms with Gasteiger partial charge in [-0.05, 0) is 42.3 Å². The summed E-state index contributed by atoms with van der Waals surface area (Å²) in [6, 6.07) is 11.8. The van der Waals surface area contributed by atoms with Gasteiger partial charge in [0.2, 0.25) is 0 Å². The first-order valence-corrected chi connectivity index (χ1v) is 9.76. The van der Waals surface area contributed by atoms with E-state index in [9.17, 15) is 23.5 Å². The smallest absolute Gasteiger partial charge is 0.387 e. The molecule has 31 heavy (non-hydrogen) atoms. The van der Waals surface area contributed by atoms with Crippen molar-refractivity contribution < 1.29 is 33.0 Å². The van der Waals surface area contributed by atoms with E-state index in [-0.39, 0.29) is 25.5 Å². The van der Waals surface area contributed by atoms with E-state index in [4.69, 9.17) is 16.3 Å². The van der Waals surface area contributed by atoms with Crippen LogP contribution in [0.3, 0.4) is 0 Å². The number of halogens is 3. The molecule has 0 saturated carbocycles. The number of aliphatic hydroxyl groups is 1. The Kier molecular flexibility index (Phi) is 7.09. The predicted molar refractivity (Wildman–Crippen MR) is 108 cm³/mol. The van der Waals surface area contributed by atoms with Crippen molar-refractivity contribution in [3.63, 3.8) is 0 Å². The standard InChI is InChI=1S/C21H21ClF2N2O5/c1-21(14-4-8-17(9-5-14)31-19(23)24)18(28)26(20(29)25-21)10-16(27)12-30-11-13-2-6-15(22)7-3-13/h2-9,16,19,27H,10-12H2,1H3,(H,25,29). The third-order valence-corrected chi connectivity index (χ3v) is 5.07. The van der Waals surface area contributed by atoms with Crippen LogP contribution in [0, 0.1) is 0 Å². The summed E-state index contributed by atoms with van der Waals surface area (Å²) in [5.74, 6) is -0.638. The maximum atomic E-state index is 12.9. The molecule has 166 valence electrons. The van der Waals surface area contributed by atoms with Gasteiger partial charge in [0.1, 0.15) is 11.3 Å². The number of alkyl halides is 2. The second-order valence-corrected chi connectivity index (χ2v) is 7.61. The van der Waals surface area contributed by atoms with E-state index in [0.717, 1.165) is 10.5 Å². The summed E-state index contributed by atoms with van der Waals surface area (Å²) in [7, 11) is 0. The first-order valence-electron chi connectivity index (χ1n) is 9.39. The first-order chi connectivity index (χ1) is 14.7. The first kappa shape index (κ1) is 22.9. The lowest BCUT2D eigenvalue weighted by Gasteiger charge is -2.23. The van der Waals surface area contributed by atoms with E-state index in [1.807, 2.05) is 0 Å². The Morgan fingerprint density at radius 1 is 1.13 bits per heavy atom. The molecule has 2 aromatic carbocycles. The number of β-amino-alcohol motifs (C(OH)–C–C–N with tert-alkyl or cyclic N) is 1. The van der Waals surface area contributed by atoms with Crippen LogP contribution in [0.4, 0.5) is 13.6 Å². The van der Waals surface area contributed by atoms with Gasteiger partial charge in [0, 0.05) is 5.02 Å². The van der Waals surface area contributed by atoms with Crippen LogP contribution in [0.2, 0.25) is 5.02 Å². The molecule has 1 heterocycles. The minimum atomic E-state index is -2.96. The number of hydrogen-bond acceptors (Lipinski definition) is 5. The molecule has 0 spiro atoms. The molecule has 2 aromatic rings. The quantitative estimate of drug-likeness (QED) is 0.568. The van der Waals surface area contributed by atoms with E-state index >= 15 is 0 Å². The van der Waals surface area contributed by atoms with E-state index < -0.39 is 30.2 Å². The fourth-order valence-corrected chi connectivity index (χ4v) is 3.31. The van der Waals surface area contributed by atoms with Crippen LogP contribution in [0.1, 0.15) is 18.1 Å². The number of benzene rings is 2. The zero-order chi connectivity index (χ0) is 22.6.